The lowest BCUT2D eigenvalue weighted by Gasteiger charge is -2.43. The predicted molar refractivity (Wildman–Crippen MR) is 68.5 cm³/mol. The van der Waals surface area contributed by atoms with Gasteiger partial charge in [0.2, 0.25) is 0 Å². The van der Waals surface area contributed by atoms with E-state index in [9.17, 15) is 9.90 Å². The number of rotatable bonds is 2. The molecule has 0 aromatic carbocycles. The molecule has 1 amide bonds. The molecule has 1 aromatic rings. The molecule has 1 fully saturated rings. The van der Waals surface area contributed by atoms with E-state index in [1.807, 2.05) is 25.1 Å². The zero-order chi connectivity index (χ0) is 13.2. The van der Waals surface area contributed by atoms with Crippen molar-refractivity contribution in [3.05, 3.63) is 29.6 Å². The molecule has 1 aliphatic rings. The molecule has 0 spiro atoms. The Balaban J connectivity index is 2.44. The second-order valence-corrected chi connectivity index (χ2v) is 4.82. The Bertz CT molecular complexity index is 442. The highest BCUT2D eigenvalue weighted by Gasteiger charge is 2.41. The van der Waals surface area contributed by atoms with Crippen LogP contribution in [0.15, 0.2) is 18.2 Å². The lowest BCUT2D eigenvalue weighted by atomic mass is 9.85. The van der Waals surface area contributed by atoms with Gasteiger partial charge in [-0.05, 0) is 38.4 Å². The predicted octanol–water partition coefficient (Wildman–Crippen LogP) is 1.58. The van der Waals surface area contributed by atoms with Gasteiger partial charge in [-0.3, -0.25) is 9.88 Å². The van der Waals surface area contributed by atoms with Crippen molar-refractivity contribution < 1.29 is 9.90 Å². The molecule has 2 heterocycles. The van der Waals surface area contributed by atoms with E-state index in [-0.39, 0.29) is 0 Å². The van der Waals surface area contributed by atoms with Crippen LogP contribution in [0.4, 0.5) is 4.79 Å². The molecular formula is C13H19N3O2. The van der Waals surface area contributed by atoms with E-state index in [1.54, 1.807) is 7.05 Å². The van der Waals surface area contributed by atoms with Crippen molar-refractivity contribution in [2.24, 2.45) is 0 Å². The summed E-state index contributed by atoms with van der Waals surface area (Å²) in [5.74, 6) is 0. The molecule has 1 saturated heterocycles. The molecular weight excluding hydrogens is 230 g/mol. The monoisotopic (exact) mass is 249 g/mol. The summed E-state index contributed by atoms with van der Waals surface area (Å²) in [4.78, 5) is 17.2. The van der Waals surface area contributed by atoms with Crippen LogP contribution in [-0.2, 0) is 5.54 Å². The fourth-order valence-corrected chi connectivity index (χ4v) is 2.55. The summed E-state index contributed by atoms with van der Waals surface area (Å²) >= 11 is 0. The maximum Gasteiger partial charge on any atom is 0.407 e. The third kappa shape index (κ3) is 2.18. The number of nitrogens with zero attached hydrogens (tertiary/aromatic N) is 2. The van der Waals surface area contributed by atoms with Gasteiger partial charge in [0.05, 0.1) is 5.69 Å². The summed E-state index contributed by atoms with van der Waals surface area (Å²) < 4.78 is 0. The molecule has 2 rings (SSSR count). The van der Waals surface area contributed by atoms with Crippen LogP contribution in [0.1, 0.15) is 24.2 Å². The zero-order valence-electron chi connectivity index (χ0n) is 10.8. The first-order chi connectivity index (χ1) is 8.56. The van der Waals surface area contributed by atoms with E-state index in [2.05, 4.69) is 10.3 Å². The van der Waals surface area contributed by atoms with Gasteiger partial charge in [-0.15, -0.1) is 0 Å². The molecule has 18 heavy (non-hydrogen) atoms. The highest BCUT2D eigenvalue weighted by atomic mass is 16.4. The average molecular weight is 249 g/mol. The van der Waals surface area contributed by atoms with Crippen molar-refractivity contribution in [1.82, 2.24) is 15.2 Å². The van der Waals surface area contributed by atoms with E-state index in [0.29, 0.717) is 6.54 Å². The molecule has 2 N–H and O–H groups in total. The smallest absolute Gasteiger partial charge is 0.407 e. The van der Waals surface area contributed by atoms with E-state index in [4.69, 9.17) is 0 Å². The second kappa shape index (κ2) is 4.94. The fraction of sp³-hybridized carbons (Fsp3) is 0.538. The third-order valence-corrected chi connectivity index (χ3v) is 3.66. The molecule has 0 saturated carbocycles. The lowest BCUT2D eigenvalue weighted by molar-refractivity contribution is 0.0711. The van der Waals surface area contributed by atoms with E-state index >= 15 is 0 Å². The number of aryl methyl sites for hydroxylation is 1. The number of carbonyl (C=O) groups is 1. The van der Waals surface area contributed by atoms with E-state index < -0.39 is 11.6 Å². The highest BCUT2D eigenvalue weighted by Crippen LogP contribution is 2.33. The molecule has 5 heteroatoms. The number of aromatic nitrogens is 1. The number of hydrogen-bond donors (Lipinski definition) is 2. The summed E-state index contributed by atoms with van der Waals surface area (Å²) in [5.41, 5.74) is 1.20. The van der Waals surface area contributed by atoms with Gasteiger partial charge < -0.3 is 10.4 Å². The van der Waals surface area contributed by atoms with Gasteiger partial charge >= 0.3 is 6.09 Å². The SMILES string of the molecule is Cc1cccc(C2(N(C)C(=O)O)CCCNC2)n1. The van der Waals surface area contributed by atoms with Crippen molar-refractivity contribution in [3.63, 3.8) is 0 Å². The van der Waals surface area contributed by atoms with Crippen LogP contribution in [0.25, 0.3) is 0 Å². The maximum atomic E-state index is 11.3. The Hall–Kier alpha value is -1.62. The molecule has 0 radical (unpaired) electrons. The van der Waals surface area contributed by atoms with Crippen LogP contribution in [0.2, 0.25) is 0 Å². The first-order valence-electron chi connectivity index (χ1n) is 6.18. The van der Waals surface area contributed by atoms with Crippen LogP contribution in [-0.4, -0.2) is 41.2 Å². The molecule has 0 aliphatic carbocycles. The number of nitrogens with one attached hydrogen (secondary N) is 1. The summed E-state index contributed by atoms with van der Waals surface area (Å²) in [6.07, 6.45) is 0.842. The molecule has 5 nitrogen and oxygen atoms in total. The van der Waals surface area contributed by atoms with Gasteiger partial charge in [-0.1, -0.05) is 6.07 Å². The van der Waals surface area contributed by atoms with Gasteiger partial charge in [-0.2, -0.15) is 0 Å². The topological polar surface area (TPSA) is 65.5 Å². The number of hydrogen-bond acceptors (Lipinski definition) is 3. The Morgan fingerprint density at radius 3 is 2.89 bits per heavy atom. The molecule has 1 atom stereocenters. The van der Waals surface area contributed by atoms with Crippen LogP contribution in [0, 0.1) is 6.92 Å². The van der Waals surface area contributed by atoms with Crippen molar-refractivity contribution >= 4 is 6.09 Å². The lowest BCUT2D eigenvalue weighted by Crippen LogP contribution is -2.56. The van der Waals surface area contributed by atoms with Gasteiger partial charge in [-0.25, -0.2) is 4.79 Å². The minimum atomic E-state index is -0.915. The Morgan fingerprint density at radius 1 is 1.56 bits per heavy atom. The summed E-state index contributed by atoms with van der Waals surface area (Å²) in [7, 11) is 1.62. The Labute approximate surface area is 107 Å². The summed E-state index contributed by atoms with van der Waals surface area (Å²) in [6.45, 7) is 3.47. The van der Waals surface area contributed by atoms with Crippen molar-refractivity contribution in [3.8, 4) is 0 Å². The molecule has 1 aliphatic heterocycles. The van der Waals surface area contributed by atoms with E-state index in [1.165, 1.54) is 4.90 Å². The molecule has 0 bridgehead atoms. The second-order valence-electron chi connectivity index (χ2n) is 4.82. The van der Waals surface area contributed by atoms with Gasteiger partial charge in [0, 0.05) is 19.3 Å². The molecule has 1 unspecified atom stereocenters. The minimum absolute atomic E-state index is 0.546. The van der Waals surface area contributed by atoms with Crippen LogP contribution < -0.4 is 5.32 Å². The minimum Gasteiger partial charge on any atom is -0.465 e. The molecule has 98 valence electrons. The van der Waals surface area contributed by atoms with E-state index in [0.717, 1.165) is 30.8 Å². The fourth-order valence-electron chi connectivity index (χ4n) is 2.55. The quantitative estimate of drug-likeness (QED) is 0.835. The molecule has 1 aromatic heterocycles. The maximum absolute atomic E-state index is 11.3. The Kier molecular flexibility index (Phi) is 3.52. The number of carboxylic acid groups (broad SMARTS) is 1. The first kappa shape index (κ1) is 12.8. The Morgan fingerprint density at radius 2 is 2.33 bits per heavy atom. The average Bonchev–Trinajstić information content (AvgIpc) is 2.38. The standard InChI is InChI=1S/C13H19N3O2/c1-10-5-3-6-11(15-10)13(16(2)12(17)18)7-4-8-14-9-13/h3,5-6,14H,4,7-9H2,1-2H3,(H,17,18). The third-order valence-electron chi connectivity index (χ3n) is 3.66. The van der Waals surface area contributed by atoms with Crippen molar-refractivity contribution in [2.75, 3.05) is 20.1 Å². The number of likely N-dealkylation sites (N-methyl/N-ethyl adjacent to an activating group) is 1. The largest absolute Gasteiger partial charge is 0.465 e. The van der Waals surface area contributed by atoms with Gasteiger partial charge in [0.25, 0.3) is 0 Å². The van der Waals surface area contributed by atoms with Crippen LogP contribution in [0.5, 0.6) is 0 Å². The summed E-state index contributed by atoms with van der Waals surface area (Å²) in [5, 5.41) is 12.6. The zero-order valence-corrected chi connectivity index (χ0v) is 10.8. The number of pyridine rings is 1. The van der Waals surface area contributed by atoms with Gasteiger partial charge in [0.1, 0.15) is 5.54 Å². The van der Waals surface area contributed by atoms with Gasteiger partial charge in [0.15, 0.2) is 0 Å². The van der Waals surface area contributed by atoms with Crippen molar-refractivity contribution in [1.29, 1.82) is 0 Å². The van der Waals surface area contributed by atoms with Crippen molar-refractivity contribution in [2.45, 2.75) is 25.3 Å². The first-order valence-corrected chi connectivity index (χ1v) is 6.18. The van der Waals surface area contributed by atoms with Crippen LogP contribution in [0.3, 0.4) is 0 Å². The highest BCUT2D eigenvalue weighted by molar-refractivity contribution is 5.66. The number of piperidine rings is 1. The normalized spacial score (nSPS) is 23.7. The number of amides is 1. The van der Waals surface area contributed by atoms with Crippen LogP contribution >= 0.6 is 0 Å². The summed E-state index contributed by atoms with van der Waals surface area (Å²) in [6, 6.07) is 5.78.